The quantitative estimate of drug-likeness (QED) is 0.703. The summed E-state index contributed by atoms with van der Waals surface area (Å²) in [7, 11) is -3.58. The molecule has 9 heteroatoms. The maximum absolute atomic E-state index is 13.1. The van der Waals surface area contributed by atoms with Crippen molar-refractivity contribution in [3.8, 4) is 11.5 Å². The largest absolute Gasteiger partial charge is 0.492 e. The highest BCUT2D eigenvalue weighted by Gasteiger charge is 2.34. The molecule has 168 valence electrons. The van der Waals surface area contributed by atoms with E-state index in [0.29, 0.717) is 41.6 Å². The summed E-state index contributed by atoms with van der Waals surface area (Å²) in [4.78, 5) is 14.0. The highest BCUT2D eigenvalue weighted by atomic mass is 32.2. The molecule has 3 heterocycles. The van der Waals surface area contributed by atoms with E-state index in [9.17, 15) is 13.2 Å². The van der Waals surface area contributed by atoms with Gasteiger partial charge < -0.3 is 14.8 Å². The number of sulfonamides is 1. The van der Waals surface area contributed by atoms with Gasteiger partial charge in [-0.3, -0.25) is 4.79 Å². The Morgan fingerprint density at radius 3 is 2.87 bits per heavy atom. The van der Waals surface area contributed by atoms with Crippen LogP contribution in [0, 0.1) is 12.8 Å². The lowest BCUT2D eigenvalue weighted by Gasteiger charge is -2.31. The molecule has 0 aliphatic carbocycles. The van der Waals surface area contributed by atoms with Crippen LogP contribution in [0.3, 0.4) is 0 Å². The topological polar surface area (TPSA) is 84.9 Å². The minimum Gasteiger partial charge on any atom is -0.492 e. The van der Waals surface area contributed by atoms with Gasteiger partial charge in [-0.15, -0.1) is 11.3 Å². The Labute approximate surface area is 187 Å². The van der Waals surface area contributed by atoms with Crippen LogP contribution in [-0.4, -0.2) is 44.4 Å². The first-order chi connectivity index (χ1) is 14.8. The number of amides is 1. The van der Waals surface area contributed by atoms with Gasteiger partial charge in [-0.25, -0.2) is 8.42 Å². The third-order valence-electron chi connectivity index (χ3n) is 5.62. The van der Waals surface area contributed by atoms with Crippen LogP contribution in [0.25, 0.3) is 0 Å². The molecule has 1 amide bonds. The van der Waals surface area contributed by atoms with E-state index >= 15 is 0 Å². The molecule has 7 nitrogen and oxygen atoms in total. The van der Waals surface area contributed by atoms with E-state index in [1.165, 1.54) is 15.6 Å². The summed E-state index contributed by atoms with van der Waals surface area (Å²) in [5, 5.41) is 2.96. The summed E-state index contributed by atoms with van der Waals surface area (Å²) >= 11 is 1.26. The standard InChI is InChI=1S/C22H28N2O5S2/c1-4-28-20-11-17-10-14(2)29-19(17)12-18(20)23-22(25)16-6-5-9-24(13-16)31(26,27)21-8-7-15(3)30-21/h7-8,11-12,14,16H,4-6,9-10,13H2,1-3H3,(H,23,25)/t14-,16+/m1/s1. The van der Waals surface area contributed by atoms with E-state index in [1.54, 1.807) is 12.1 Å². The van der Waals surface area contributed by atoms with E-state index in [1.807, 2.05) is 32.9 Å². The second-order valence-electron chi connectivity index (χ2n) is 8.08. The first kappa shape index (κ1) is 22.1. The summed E-state index contributed by atoms with van der Waals surface area (Å²) in [6.45, 7) is 6.87. The number of anilines is 1. The number of nitrogens with one attached hydrogen (secondary N) is 1. The van der Waals surface area contributed by atoms with Crippen LogP contribution >= 0.6 is 11.3 Å². The molecule has 2 aromatic rings. The Bertz CT molecular complexity index is 1080. The van der Waals surface area contributed by atoms with Crippen molar-refractivity contribution in [2.75, 3.05) is 25.0 Å². The van der Waals surface area contributed by atoms with Crippen molar-refractivity contribution in [3.63, 3.8) is 0 Å². The van der Waals surface area contributed by atoms with Gasteiger partial charge in [-0.05, 0) is 51.8 Å². The van der Waals surface area contributed by atoms with Crippen molar-refractivity contribution < 1.29 is 22.7 Å². The molecule has 0 unspecified atom stereocenters. The van der Waals surface area contributed by atoms with Gasteiger partial charge in [0, 0.05) is 36.0 Å². The van der Waals surface area contributed by atoms with Gasteiger partial charge in [-0.2, -0.15) is 4.31 Å². The maximum Gasteiger partial charge on any atom is 0.252 e. The van der Waals surface area contributed by atoms with Gasteiger partial charge in [0.2, 0.25) is 5.91 Å². The monoisotopic (exact) mass is 464 g/mol. The number of ether oxygens (including phenoxy) is 2. The predicted octanol–water partition coefficient (Wildman–Crippen LogP) is 3.82. The van der Waals surface area contributed by atoms with Crippen molar-refractivity contribution in [2.45, 2.75) is 50.3 Å². The average molecular weight is 465 g/mol. The van der Waals surface area contributed by atoms with Crippen LogP contribution in [0.1, 0.15) is 37.1 Å². The minimum atomic E-state index is -3.58. The van der Waals surface area contributed by atoms with E-state index in [2.05, 4.69) is 5.32 Å². The van der Waals surface area contributed by atoms with Crippen molar-refractivity contribution in [3.05, 3.63) is 34.7 Å². The number of nitrogens with zero attached hydrogens (tertiary/aromatic N) is 1. The van der Waals surface area contributed by atoms with Gasteiger partial charge >= 0.3 is 0 Å². The van der Waals surface area contributed by atoms with Gasteiger partial charge in [0.25, 0.3) is 10.0 Å². The van der Waals surface area contributed by atoms with Crippen LogP contribution in [0.2, 0.25) is 0 Å². The number of rotatable bonds is 6. The third kappa shape index (κ3) is 4.58. The fraction of sp³-hybridized carbons (Fsp3) is 0.500. The van der Waals surface area contributed by atoms with Crippen LogP contribution in [0.15, 0.2) is 28.5 Å². The molecular weight excluding hydrogens is 436 g/mol. The van der Waals surface area contributed by atoms with Gasteiger partial charge in [-0.1, -0.05) is 0 Å². The second-order valence-corrected chi connectivity index (χ2v) is 11.5. The third-order valence-corrected chi connectivity index (χ3v) is 8.95. The minimum absolute atomic E-state index is 0.0911. The number of carbonyl (C=O) groups excluding carboxylic acids is 1. The Hall–Kier alpha value is -2.10. The summed E-state index contributed by atoms with van der Waals surface area (Å²) < 4.78 is 39.3. The smallest absolute Gasteiger partial charge is 0.252 e. The van der Waals surface area contributed by atoms with E-state index < -0.39 is 15.9 Å². The predicted molar refractivity (Wildman–Crippen MR) is 121 cm³/mol. The van der Waals surface area contributed by atoms with E-state index in [-0.39, 0.29) is 18.6 Å². The molecule has 2 atom stereocenters. The number of carbonyl (C=O) groups is 1. The number of thiophene rings is 1. The Morgan fingerprint density at radius 1 is 1.35 bits per heavy atom. The van der Waals surface area contributed by atoms with Gasteiger partial charge in [0.15, 0.2) is 0 Å². The maximum atomic E-state index is 13.1. The molecule has 0 saturated carbocycles. The number of fused-ring (bicyclic) bond motifs is 1. The molecule has 2 aliphatic heterocycles. The Balaban J connectivity index is 1.51. The fourth-order valence-electron chi connectivity index (χ4n) is 4.10. The molecule has 1 N–H and O–H groups in total. The zero-order chi connectivity index (χ0) is 22.2. The molecule has 0 radical (unpaired) electrons. The highest BCUT2D eigenvalue weighted by molar-refractivity contribution is 7.91. The summed E-state index contributed by atoms with van der Waals surface area (Å²) in [6.07, 6.45) is 2.18. The molecule has 4 rings (SSSR count). The SMILES string of the molecule is CCOc1cc2c(cc1NC(=O)[C@H]1CCCN(S(=O)(=O)c3ccc(C)s3)C1)O[C@H](C)C2. The average Bonchev–Trinajstić information content (AvgIpc) is 3.33. The number of hydrogen-bond acceptors (Lipinski definition) is 6. The molecule has 1 aromatic heterocycles. The number of hydrogen-bond donors (Lipinski definition) is 1. The first-order valence-corrected chi connectivity index (χ1v) is 12.9. The van der Waals surface area contributed by atoms with Crippen LogP contribution in [-0.2, 0) is 21.2 Å². The number of aryl methyl sites for hydroxylation is 1. The lowest BCUT2D eigenvalue weighted by atomic mass is 9.98. The number of benzene rings is 1. The van der Waals surface area contributed by atoms with Crippen molar-refractivity contribution in [2.24, 2.45) is 5.92 Å². The zero-order valence-electron chi connectivity index (χ0n) is 18.0. The first-order valence-electron chi connectivity index (χ1n) is 10.6. The van der Waals surface area contributed by atoms with Crippen LogP contribution in [0.4, 0.5) is 5.69 Å². The van der Waals surface area contributed by atoms with Crippen LogP contribution < -0.4 is 14.8 Å². The van der Waals surface area contributed by atoms with E-state index in [4.69, 9.17) is 9.47 Å². The van der Waals surface area contributed by atoms with E-state index in [0.717, 1.165) is 22.6 Å². The molecule has 31 heavy (non-hydrogen) atoms. The molecule has 1 fully saturated rings. The molecule has 1 aromatic carbocycles. The van der Waals surface area contributed by atoms with Crippen molar-refractivity contribution in [1.29, 1.82) is 0 Å². The van der Waals surface area contributed by atoms with Gasteiger partial charge in [0.1, 0.15) is 21.8 Å². The molecule has 0 bridgehead atoms. The van der Waals surface area contributed by atoms with Gasteiger partial charge in [0.05, 0.1) is 18.2 Å². The van der Waals surface area contributed by atoms with Crippen LogP contribution in [0.5, 0.6) is 11.5 Å². The summed E-state index contributed by atoms with van der Waals surface area (Å²) in [5.41, 5.74) is 1.63. The summed E-state index contributed by atoms with van der Waals surface area (Å²) in [6, 6.07) is 7.18. The normalized spacial score (nSPS) is 21.4. The van der Waals surface area contributed by atoms with Crippen molar-refractivity contribution >= 4 is 33.0 Å². The highest BCUT2D eigenvalue weighted by Crippen LogP contribution is 2.38. The summed E-state index contributed by atoms with van der Waals surface area (Å²) in [5.74, 6) is 0.746. The Kier molecular flexibility index (Phi) is 6.27. The lowest BCUT2D eigenvalue weighted by molar-refractivity contribution is -0.120. The zero-order valence-corrected chi connectivity index (χ0v) is 19.6. The Morgan fingerprint density at radius 2 is 2.16 bits per heavy atom. The fourth-order valence-corrected chi connectivity index (χ4v) is 7.06. The molecule has 2 aliphatic rings. The lowest BCUT2D eigenvalue weighted by Crippen LogP contribution is -2.43. The molecular formula is C22H28N2O5S2. The number of piperidine rings is 1. The second kappa shape index (κ2) is 8.80. The molecule has 0 spiro atoms. The molecule has 1 saturated heterocycles. The van der Waals surface area contributed by atoms with Crippen molar-refractivity contribution in [1.82, 2.24) is 4.31 Å².